The summed E-state index contributed by atoms with van der Waals surface area (Å²) in [7, 11) is 0. The van der Waals surface area contributed by atoms with Crippen molar-refractivity contribution in [2.45, 2.75) is 57.2 Å². The molecule has 4 rings (SSSR count). The van der Waals surface area contributed by atoms with Crippen LogP contribution in [0.25, 0.3) is 0 Å². The SMILES string of the molecule is CC(C)c1cccc(CNC[C@@H](O)[C@H](Cc2ccccc2)NCCC(c2ccccc2)c2ccccc2)c1. The van der Waals surface area contributed by atoms with Crippen LogP contribution in [0.2, 0.25) is 0 Å². The third kappa shape index (κ3) is 8.39. The average molecular weight is 507 g/mol. The molecule has 0 amide bonds. The minimum atomic E-state index is -0.504. The summed E-state index contributed by atoms with van der Waals surface area (Å²) in [6, 6.07) is 40.6. The molecule has 198 valence electrons. The fraction of sp³-hybridized carbons (Fsp3) is 0.314. The number of aliphatic hydroxyl groups is 1. The lowest BCUT2D eigenvalue weighted by molar-refractivity contribution is 0.124. The van der Waals surface area contributed by atoms with Gasteiger partial charge in [-0.25, -0.2) is 0 Å². The van der Waals surface area contributed by atoms with E-state index < -0.39 is 6.10 Å². The molecule has 4 aromatic rings. The van der Waals surface area contributed by atoms with Gasteiger partial charge in [-0.1, -0.05) is 129 Å². The number of benzene rings is 4. The van der Waals surface area contributed by atoms with E-state index in [2.05, 4.69) is 134 Å². The van der Waals surface area contributed by atoms with Gasteiger partial charge in [0.2, 0.25) is 0 Å². The summed E-state index contributed by atoms with van der Waals surface area (Å²) in [5, 5.41) is 18.5. The van der Waals surface area contributed by atoms with Crippen molar-refractivity contribution < 1.29 is 5.11 Å². The van der Waals surface area contributed by atoms with Gasteiger partial charge in [-0.3, -0.25) is 0 Å². The number of hydrogen-bond donors (Lipinski definition) is 3. The Labute approximate surface area is 229 Å². The fourth-order valence-corrected chi connectivity index (χ4v) is 5.09. The molecular formula is C35H42N2O. The van der Waals surface area contributed by atoms with Gasteiger partial charge in [0, 0.05) is 25.0 Å². The van der Waals surface area contributed by atoms with Crippen molar-refractivity contribution in [1.29, 1.82) is 0 Å². The van der Waals surface area contributed by atoms with Crippen LogP contribution in [0.5, 0.6) is 0 Å². The highest BCUT2D eigenvalue weighted by molar-refractivity contribution is 5.32. The molecule has 0 bridgehead atoms. The molecule has 3 N–H and O–H groups in total. The zero-order valence-corrected chi connectivity index (χ0v) is 22.8. The van der Waals surface area contributed by atoms with Crippen molar-refractivity contribution >= 4 is 0 Å². The highest BCUT2D eigenvalue weighted by atomic mass is 16.3. The summed E-state index contributed by atoms with van der Waals surface area (Å²) >= 11 is 0. The molecule has 38 heavy (non-hydrogen) atoms. The van der Waals surface area contributed by atoms with E-state index in [0.717, 1.165) is 25.9 Å². The van der Waals surface area contributed by atoms with Crippen LogP contribution in [-0.2, 0) is 13.0 Å². The maximum atomic E-state index is 11.3. The summed E-state index contributed by atoms with van der Waals surface area (Å²) in [4.78, 5) is 0. The first-order valence-corrected chi connectivity index (χ1v) is 13.9. The summed E-state index contributed by atoms with van der Waals surface area (Å²) in [6.07, 6.45) is 1.24. The number of nitrogens with one attached hydrogen (secondary N) is 2. The monoisotopic (exact) mass is 506 g/mol. The predicted molar refractivity (Wildman–Crippen MR) is 160 cm³/mol. The molecule has 0 aliphatic heterocycles. The first-order chi connectivity index (χ1) is 18.6. The van der Waals surface area contributed by atoms with Crippen LogP contribution in [0.1, 0.15) is 59.9 Å². The van der Waals surface area contributed by atoms with E-state index in [-0.39, 0.29) is 6.04 Å². The number of rotatable bonds is 14. The van der Waals surface area contributed by atoms with Crippen LogP contribution in [0.4, 0.5) is 0 Å². The van der Waals surface area contributed by atoms with Gasteiger partial charge in [-0.05, 0) is 53.1 Å². The van der Waals surface area contributed by atoms with Gasteiger partial charge in [0.15, 0.2) is 0 Å². The van der Waals surface area contributed by atoms with Crippen molar-refractivity contribution in [2.75, 3.05) is 13.1 Å². The fourth-order valence-electron chi connectivity index (χ4n) is 5.09. The Kier molecular flexibility index (Phi) is 10.7. The number of hydrogen-bond acceptors (Lipinski definition) is 3. The molecule has 0 saturated heterocycles. The lowest BCUT2D eigenvalue weighted by atomic mass is 9.88. The van der Waals surface area contributed by atoms with Crippen LogP contribution in [0, 0.1) is 0 Å². The molecular weight excluding hydrogens is 464 g/mol. The second-order valence-electron chi connectivity index (χ2n) is 10.5. The zero-order valence-electron chi connectivity index (χ0n) is 22.8. The van der Waals surface area contributed by atoms with E-state index in [1.54, 1.807) is 0 Å². The zero-order chi connectivity index (χ0) is 26.6. The summed E-state index contributed by atoms with van der Waals surface area (Å²) in [5.74, 6) is 0.821. The van der Waals surface area contributed by atoms with Crippen LogP contribution < -0.4 is 10.6 Å². The van der Waals surface area contributed by atoms with E-state index in [1.165, 1.54) is 27.8 Å². The third-order valence-electron chi connectivity index (χ3n) is 7.31. The lowest BCUT2D eigenvalue weighted by Crippen LogP contribution is -2.46. The molecule has 3 nitrogen and oxygen atoms in total. The molecule has 0 aromatic heterocycles. The first-order valence-electron chi connectivity index (χ1n) is 13.9. The largest absolute Gasteiger partial charge is 0.390 e. The molecule has 0 spiro atoms. The second kappa shape index (κ2) is 14.6. The van der Waals surface area contributed by atoms with E-state index in [0.29, 0.717) is 18.4 Å². The predicted octanol–water partition coefficient (Wildman–Crippen LogP) is 6.68. The second-order valence-corrected chi connectivity index (χ2v) is 10.5. The highest BCUT2D eigenvalue weighted by Crippen LogP contribution is 2.27. The van der Waals surface area contributed by atoms with Crippen molar-refractivity contribution in [2.24, 2.45) is 0 Å². The Morgan fingerprint density at radius 3 is 1.82 bits per heavy atom. The van der Waals surface area contributed by atoms with Gasteiger partial charge in [-0.2, -0.15) is 0 Å². The van der Waals surface area contributed by atoms with E-state index in [1.807, 2.05) is 6.07 Å². The Balaban J connectivity index is 1.39. The molecule has 0 saturated carbocycles. The summed E-state index contributed by atoms with van der Waals surface area (Å²) in [5.41, 5.74) is 6.48. The Morgan fingerprint density at radius 2 is 1.21 bits per heavy atom. The van der Waals surface area contributed by atoms with Gasteiger partial charge in [0.05, 0.1) is 6.10 Å². The first kappa shape index (κ1) is 27.8. The van der Waals surface area contributed by atoms with Crippen molar-refractivity contribution in [3.63, 3.8) is 0 Å². The number of aliphatic hydroxyl groups excluding tert-OH is 1. The summed E-state index contributed by atoms with van der Waals surface area (Å²) < 4.78 is 0. The molecule has 0 radical (unpaired) electrons. The standard InChI is InChI=1S/C35H42N2O/c1-27(2)32-20-12-15-29(23-32)25-36-26-35(38)34(24-28-13-6-3-7-14-28)37-22-21-33(30-16-8-4-9-17-30)31-18-10-5-11-19-31/h3-20,23,27,33-38H,21-22,24-26H2,1-2H3/t34-,35+/m0/s1. The van der Waals surface area contributed by atoms with Crippen molar-refractivity contribution in [3.05, 3.63) is 143 Å². The Bertz CT molecular complexity index is 1150. The van der Waals surface area contributed by atoms with Gasteiger partial charge < -0.3 is 15.7 Å². The van der Waals surface area contributed by atoms with Gasteiger partial charge >= 0.3 is 0 Å². The molecule has 0 fully saturated rings. The molecule has 3 heteroatoms. The average Bonchev–Trinajstić information content (AvgIpc) is 2.96. The van der Waals surface area contributed by atoms with Crippen molar-refractivity contribution in [1.82, 2.24) is 10.6 Å². The van der Waals surface area contributed by atoms with E-state index in [4.69, 9.17) is 0 Å². The summed E-state index contributed by atoms with van der Waals surface area (Å²) in [6.45, 7) is 6.54. The molecule has 2 atom stereocenters. The topological polar surface area (TPSA) is 44.3 Å². The molecule has 0 unspecified atom stereocenters. The molecule has 4 aromatic carbocycles. The Hall–Kier alpha value is -3.24. The molecule has 0 aliphatic rings. The minimum Gasteiger partial charge on any atom is -0.390 e. The van der Waals surface area contributed by atoms with Crippen LogP contribution >= 0.6 is 0 Å². The van der Waals surface area contributed by atoms with E-state index in [9.17, 15) is 5.11 Å². The smallest absolute Gasteiger partial charge is 0.0820 e. The lowest BCUT2D eigenvalue weighted by Gasteiger charge is -2.26. The maximum Gasteiger partial charge on any atom is 0.0820 e. The third-order valence-corrected chi connectivity index (χ3v) is 7.31. The molecule has 0 heterocycles. The van der Waals surface area contributed by atoms with Gasteiger partial charge in [-0.15, -0.1) is 0 Å². The Morgan fingerprint density at radius 1 is 0.658 bits per heavy atom. The van der Waals surface area contributed by atoms with Gasteiger partial charge in [0.25, 0.3) is 0 Å². The van der Waals surface area contributed by atoms with Crippen LogP contribution in [0.3, 0.4) is 0 Å². The highest BCUT2D eigenvalue weighted by Gasteiger charge is 2.21. The van der Waals surface area contributed by atoms with Crippen LogP contribution in [0.15, 0.2) is 115 Å². The maximum absolute atomic E-state index is 11.3. The van der Waals surface area contributed by atoms with Gasteiger partial charge in [0.1, 0.15) is 0 Å². The van der Waals surface area contributed by atoms with Crippen LogP contribution in [-0.4, -0.2) is 30.3 Å². The minimum absolute atomic E-state index is 0.0425. The normalized spacial score (nSPS) is 13.1. The van der Waals surface area contributed by atoms with E-state index >= 15 is 0 Å². The quantitative estimate of drug-likeness (QED) is 0.179. The molecule has 0 aliphatic carbocycles. The van der Waals surface area contributed by atoms with Crippen molar-refractivity contribution in [3.8, 4) is 0 Å².